The Balaban J connectivity index is 2.70. The number of hydrogen-bond donors (Lipinski definition) is 1. The molecule has 1 aliphatic rings. The van der Waals surface area contributed by atoms with Crippen LogP contribution >= 0.6 is 0 Å². The van der Waals surface area contributed by atoms with Crippen LogP contribution in [-0.2, 0) is 9.59 Å². The maximum atomic E-state index is 11.4. The van der Waals surface area contributed by atoms with Gasteiger partial charge in [0, 0.05) is 13.1 Å². The smallest absolute Gasteiger partial charge is 0.328 e. The standard InChI is InChI=1S/C9H12N2O4/c1-6(3-8(13)14)4-11-7(12)5-10(2)9(11)15/h3H,4-5H2,1-2H3,(H,13,14). The Labute approximate surface area is 86.8 Å². The van der Waals surface area contributed by atoms with Crippen molar-refractivity contribution in [2.45, 2.75) is 6.92 Å². The molecule has 6 heteroatoms. The van der Waals surface area contributed by atoms with Crippen LogP contribution in [0.5, 0.6) is 0 Å². The number of nitrogens with zero attached hydrogens (tertiary/aromatic N) is 2. The van der Waals surface area contributed by atoms with Crippen LogP contribution in [-0.4, -0.2) is 53.0 Å². The minimum atomic E-state index is -1.08. The zero-order valence-electron chi connectivity index (χ0n) is 8.56. The maximum absolute atomic E-state index is 11.4. The van der Waals surface area contributed by atoms with E-state index in [2.05, 4.69) is 0 Å². The third-order valence-electron chi connectivity index (χ3n) is 2.01. The zero-order valence-corrected chi connectivity index (χ0v) is 8.56. The SMILES string of the molecule is CC(=CC(=O)O)CN1C(=O)CN(C)C1=O. The van der Waals surface area contributed by atoms with E-state index in [1.807, 2.05) is 0 Å². The van der Waals surface area contributed by atoms with Gasteiger partial charge in [-0.3, -0.25) is 9.69 Å². The van der Waals surface area contributed by atoms with E-state index in [1.165, 1.54) is 11.9 Å². The molecule has 1 N–H and O–H groups in total. The Bertz CT molecular complexity index is 348. The molecule has 0 atom stereocenters. The molecule has 1 rings (SSSR count). The number of carboxylic acid groups (broad SMARTS) is 1. The average molecular weight is 212 g/mol. The van der Waals surface area contributed by atoms with E-state index in [0.29, 0.717) is 5.57 Å². The predicted molar refractivity (Wildman–Crippen MR) is 51.1 cm³/mol. The zero-order chi connectivity index (χ0) is 11.6. The van der Waals surface area contributed by atoms with Crippen molar-refractivity contribution in [1.29, 1.82) is 0 Å². The number of aliphatic carboxylic acids is 1. The van der Waals surface area contributed by atoms with Crippen molar-refractivity contribution in [3.05, 3.63) is 11.6 Å². The van der Waals surface area contributed by atoms with Crippen molar-refractivity contribution in [3.63, 3.8) is 0 Å². The summed E-state index contributed by atoms with van der Waals surface area (Å²) in [4.78, 5) is 35.4. The van der Waals surface area contributed by atoms with E-state index < -0.39 is 12.0 Å². The molecule has 0 aromatic heterocycles. The fourth-order valence-electron chi connectivity index (χ4n) is 1.33. The van der Waals surface area contributed by atoms with Gasteiger partial charge in [-0.15, -0.1) is 0 Å². The molecule has 0 aromatic rings. The lowest BCUT2D eigenvalue weighted by atomic mass is 10.2. The Morgan fingerprint density at radius 1 is 1.53 bits per heavy atom. The number of amides is 3. The lowest BCUT2D eigenvalue weighted by Gasteiger charge is -2.13. The van der Waals surface area contributed by atoms with Crippen LogP contribution in [0.15, 0.2) is 11.6 Å². The van der Waals surface area contributed by atoms with E-state index in [0.717, 1.165) is 11.0 Å². The molecule has 0 saturated carbocycles. The number of hydrogen-bond acceptors (Lipinski definition) is 3. The van der Waals surface area contributed by atoms with E-state index >= 15 is 0 Å². The summed E-state index contributed by atoms with van der Waals surface area (Å²) < 4.78 is 0. The molecule has 0 spiro atoms. The molecule has 1 fully saturated rings. The summed E-state index contributed by atoms with van der Waals surface area (Å²) in [6.45, 7) is 1.65. The Kier molecular flexibility index (Phi) is 3.08. The molecular weight excluding hydrogens is 200 g/mol. The first-order valence-corrected chi connectivity index (χ1v) is 4.37. The normalized spacial score (nSPS) is 17.6. The fourth-order valence-corrected chi connectivity index (χ4v) is 1.33. The first-order chi connectivity index (χ1) is 6.91. The largest absolute Gasteiger partial charge is 0.478 e. The van der Waals surface area contributed by atoms with E-state index in [1.54, 1.807) is 6.92 Å². The second-order valence-corrected chi connectivity index (χ2v) is 3.45. The summed E-state index contributed by atoms with van der Waals surface area (Å²) in [5.74, 6) is -1.39. The van der Waals surface area contributed by atoms with Gasteiger partial charge in [-0.2, -0.15) is 0 Å². The van der Waals surface area contributed by atoms with Crippen molar-refractivity contribution < 1.29 is 19.5 Å². The lowest BCUT2D eigenvalue weighted by Crippen LogP contribution is -2.33. The van der Waals surface area contributed by atoms with Gasteiger partial charge in [0.1, 0.15) is 6.54 Å². The first-order valence-electron chi connectivity index (χ1n) is 4.37. The number of carboxylic acids is 1. The second kappa shape index (κ2) is 4.12. The summed E-state index contributed by atoms with van der Waals surface area (Å²) in [6.07, 6.45) is 0.985. The number of rotatable bonds is 3. The Morgan fingerprint density at radius 3 is 2.53 bits per heavy atom. The van der Waals surface area contributed by atoms with Gasteiger partial charge in [0.2, 0.25) is 0 Å². The van der Waals surface area contributed by atoms with Gasteiger partial charge in [-0.25, -0.2) is 9.59 Å². The fraction of sp³-hybridized carbons (Fsp3) is 0.444. The predicted octanol–water partition coefficient (Wildman–Crippen LogP) is -0.0887. The highest BCUT2D eigenvalue weighted by molar-refractivity contribution is 6.02. The third kappa shape index (κ3) is 2.55. The number of imide groups is 1. The average Bonchev–Trinajstić information content (AvgIpc) is 2.31. The number of carbonyl (C=O) groups excluding carboxylic acids is 2. The molecule has 0 bridgehead atoms. The minimum Gasteiger partial charge on any atom is -0.478 e. The molecule has 0 aromatic carbocycles. The van der Waals surface area contributed by atoms with Crippen LogP contribution in [0.25, 0.3) is 0 Å². The number of likely N-dealkylation sites (N-methyl/N-ethyl adjacent to an activating group) is 1. The molecule has 82 valence electrons. The monoisotopic (exact) mass is 212 g/mol. The third-order valence-corrected chi connectivity index (χ3v) is 2.01. The molecule has 0 aliphatic carbocycles. The maximum Gasteiger partial charge on any atom is 0.328 e. The van der Waals surface area contributed by atoms with Gasteiger partial charge in [0.15, 0.2) is 0 Å². The highest BCUT2D eigenvalue weighted by Crippen LogP contribution is 2.10. The van der Waals surface area contributed by atoms with Crippen molar-refractivity contribution in [2.24, 2.45) is 0 Å². The molecule has 15 heavy (non-hydrogen) atoms. The lowest BCUT2D eigenvalue weighted by molar-refractivity contribution is -0.131. The van der Waals surface area contributed by atoms with Gasteiger partial charge in [-0.1, -0.05) is 0 Å². The highest BCUT2D eigenvalue weighted by atomic mass is 16.4. The van der Waals surface area contributed by atoms with Crippen LogP contribution in [0.3, 0.4) is 0 Å². The Hall–Kier alpha value is -1.85. The summed E-state index contributed by atoms with van der Waals surface area (Å²) in [6, 6.07) is -0.391. The summed E-state index contributed by atoms with van der Waals surface area (Å²) in [5, 5.41) is 8.47. The van der Waals surface area contributed by atoms with Crippen molar-refractivity contribution in [1.82, 2.24) is 9.80 Å². The van der Waals surface area contributed by atoms with E-state index in [-0.39, 0.29) is 19.0 Å². The van der Waals surface area contributed by atoms with Crippen LogP contribution < -0.4 is 0 Å². The molecule has 0 unspecified atom stereocenters. The second-order valence-electron chi connectivity index (χ2n) is 3.45. The quantitative estimate of drug-likeness (QED) is 0.524. The van der Waals surface area contributed by atoms with Gasteiger partial charge in [-0.05, 0) is 12.5 Å². The summed E-state index contributed by atoms with van der Waals surface area (Å²) in [5.41, 5.74) is 0.458. The topological polar surface area (TPSA) is 77.9 Å². The van der Waals surface area contributed by atoms with Crippen LogP contribution in [0, 0.1) is 0 Å². The minimum absolute atomic E-state index is 0.0360. The van der Waals surface area contributed by atoms with Crippen LogP contribution in [0.4, 0.5) is 4.79 Å². The van der Waals surface area contributed by atoms with Gasteiger partial charge < -0.3 is 10.0 Å². The first kappa shape index (κ1) is 11.2. The molecule has 1 aliphatic heterocycles. The van der Waals surface area contributed by atoms with Gasteiger partial charge >= 0.3 is 12.0 Å². The van der Waals surface area contributed by atoms with E-state index in [9.17, 15) is 14.4 Å². The van der Waals surface area contributed by atoms with Crippen molar-refractivity contribution >= 4 is 17.9 Å². The molecular formula is C9H12N2O4. The number of urea groups is 1. The van der Waals surface area contributed by atoms with Crippen molar-refractivity contribution in [2.75, 3.05) is 20.1 Å². The molecule has 1 heterocycles. The molecule has 0 radical (unpaired) electrons. The van der Waals surface area contributed by atoms with Gasteiger partial charge in [0.05, 0.1) is 6.54 Å². The van der Waals surface area contributed by atoms with Crippen LogP contribution in [0.2, 0.25) is 0 Å². The molecule has 3 amide bonds. The van der Waals surface area contributed by atoms with E-state index in [4.69, 9.17) is 5.11 Å². The van der Waals surface area contributed by atoms with Gasteiger partial charge in [0.25, 0.3) is 5.91 Å². The molecule has 6 nitrogen and oxygen atoms in total. The van der Waals surface area contributed by atoms with Crippen molar-refractivity contribution in [3.8, 4) is 0 Å². The highest BCUT2D eigenvalue weighted by Gasteiger charge is 2.33. The number of carbonyl (C=O) groups is 3. The van der Waals surface area contributed by atoms with Crippen LogP contribution in [0.1, 0.15) is 6.92 Å². The Morgan fingerprint density at radius 2 is 2.13 bits per heavy atom. The summed E-state index contributed by atoms with van der Waals surface area (Å²) in [7, 11) is 1.52. The summed E-state index contributed by atoms with van der Waals surface area (Å²) >= 11 is 0. The molecule has 1 saturated heterocycles.